The first kappa shape index (κ1) is 14.8. The smallest absolute Gasteiger partial charge is 0.397 e. The summed E-state index contributed by atoms with van der Waals surface area (Å²) in [5.41, 5.74) is 5.70. The molecule has 0 unspecified atom stereocenters. The van der Waals surface area contributed by atoms with Crippen molar-refractivity contribution in [1.82, 2.24) is 0 Å². The fourth-order valence-corrected chi connectivity index (χ4v) is 2.11. The van der Waals surface area contributed by atoms with E-state index in [1.165, 1.54) is 6.07 Å². The minimum absolute atomic E-state index is 0.0343. The second-order valence-electron chi connectivity index (χ2n) is 4.06. The fourth-order valence-electron chi connectivity index (χ4n) is 1.64. The number of hydrogen-bond acceptors (Lipinski definition) is 2. The quantitative estimate of drug-likeness (QED) is 0.733. The van der Waals surface area contributed by atoms with E-state index in [1.54, 1.807) is 18.2 Å². The zero-order chi connectivity index (χ0) is 14.9. The van der Waals surface area contributed by atoms with Crippen LogP contribution in [0, 0.1) is 0 Å². The number of benzene rings is 2. The Labute approximate surface area is 123 Å². The number of rotatable bonds is 2. The monoisotopic (exact) mass is 320 g/mol. The highest BCUT2D eigenvalue weighted by Gasteiger charge is 2.31. The Morgan fingerprint density at radius 1 is 1.05 bits per heavy atom. The van der Waals surface area contributed by atoms with Crippen LogP contribution in [0.4, 0.5) is 30.2 Å². The molecule has 3 N–H and O–H groups in total. The molecular formula is C13H9Cl2F3N2. The Morgan fingerprint density at radius 2 is 1.75 bits per heavy atom. The standard InChI is InChI=1S/C13H9Cl2F3N2/c14-8-4-7(13(16,17)18)5-9(6-8)20-12-10(15)2-1-3-11(12)19/h1-6,20H,19H2. The van der Waals surface area contributed by atoms with E-state index in [0.29, 0.717) is 16.4 Å². The van der Waals surface area contributed by atoms with Crippen molar-refractivity contribution in [3.05, 3.63) is 52.0 Å². The molecule has 2 aromatic carbocycles. The number of alkyl halides is 3. The number of para-hydroxylation sites is 1. The number of nitrogens with one attached hydrogen (secondary N) is 1. The maximum absolute atomic E-state index is 12.7. The second-order valence-corrected chi connectivity index (χ2v) is 4.90. The second kappa shape index (κ2) is 5.42. The van der Waals surface area contributed by atoms with Crippen molar-refractivity contribution in [2.24, 2.45) is 0 Å². The van der Waals surface area contributed by atoms with E-state index < -0.39 is 11.7 Å². The van der Waals surface area contributed by atoms with E-state index in [2.05, 4.69) is 5.32 Å². The first-order valence-corrected chi connectivity index (χ1v) is 6.22. The Hall–Kier alpha value is -1.59. The highest BCUT2D eigenvalue weighted by atomic mass is 35.5. The molecule has 106 valence electrons. The van der Waals surface area contributed by atoms with Crippen LogP contribution in [-0.4, -0.2) is 0 Å². The van der Waals surface area contributed by atoms with Crippen molar-refractivity contribution in [2.75, 3.05) is 11.1 Å². The van der Waals surface area contributed by atoms with Crippen LogP contribution in [0.3, 0.4) is 0 Å². The maximum Gasteiger partial charge on any atom is 0.416 e. The number of anilines is 3. The van der Waals surface area contributed by atoms with E-state index in [4.69, 9.17) is 28.9 Å². The van der Waals surface area contributed by atoms with Crippen LogP contribution >= 0.6 is 23.2 Å². The molecule has 0 amide bonds. The molecule has 0 saturated carbocycles. The van der Waals surface area contributed by atoms with Crippen molar-refractivity contribution >= 4 is 40.3 Å². The molecule has 2 rings (SSSR count). The summed E-state index contributed by atoms with van der Waals surface area (Å²) in [6.45, 7) is 0. The van der Waals surface area contributed by atoms with Crippen LogP contribution in [0.15, 0.2) is 36.4 Å². The van der Waals surface area contributed by atoms with Gasteiger partial charge in [-0.25, -0.2) is 0 Å². The topological polar surface area (TPSA) is 38.0 Å². The predicted octanol–water partition coefficient (Wildman–Crippen LogP) is 5.34. The molecule has 20 heavy (non-hydrogen) atoms. The van der Waals surface area contributed by atoms with E-state index in [1.807, 2.05) is 0 Å². The molecule has 7 heteroatoms. The third-order valence-corrected chi connectivity index (χ3v) is 3.07. The summed E-state index contributed by atoms with van der Waals surface area (Å²) in [5.74, 6) is 0. The number of halogens is 5. The zero-order valence-corrected chi connectivity index (χ0v) is 11.4. The Balaban J connectivity index is 2.42. The Kier molecular flexibility index (Phi) is 4.01. The minimum atomic E-state index is -4.48. The lowest BCUT2D eigenvalue weighted by Gasteiger charge is -2.14. The van der Waals surface area contributed by atoms with E-state index >= 15 is 0 Å². The lowest BCUT2D eigenvalue weighted by Crippen LogP contribution is -2.06. The van der Waals surface area contributed by atoms with Gasteiger partial charge in [-0.05, 0) is 30.3 Å². The van der Waals surface area contributed by atoms with Gasteiger partial charge in [0.15, 0.2) is 0 Å². The predicted molar refractivity (Wildman–Crippen MR) is 75.6 cm³/mol. The van der Waals surface area contributed by atoms with Crippen LogP contribution in [0.1, 0.15) is 5.56 Å². The van der Waals surface area contributed by atoms with Crippen LogP contribution < -0.4 is 11.1 Å². The Morgan fingerprint density at radius 3 is 2.35 bits per heavy atom. The summed E-state index contributed by atoms with van der Waals surface area (Å²) in [4.78, 5) is 0. The lowest BCUT2D eigenvalue weighted by molar-refractivity contribution is -0.137. The van der Waals surface area contributed by atoms with Gasteiger partial charge in [0.1, 0.15) is 0 Å². The average Bonchev–Trinajstić information content (AvgIpc) is 2.32. The molecule has 0 aliphatic rings. The van der Waals surface area contributed by atoms with E-state index in [-0.39, 0.29) is 10.7 Å². The van der Waals surface area contributed by atoms with Gasteiger partial charge in [0.05, 0.1) is 22.0 Å². The molecule has 0 spiro atoms. The summed E-state index contributed by atoms with van der Waals surface area (Å²) in [7, 11) is 0. The van der Waals surface area contributed by atoms with Crippen molar-refractivity contribution in [3.63, 3.8) is 0 Å². The number of nitrogen functional groups attached to an aromatic ring is 1. The molecule has 0 saturated heterocycles. The molecule has 0 aliphatic carbocycles. The SMILES string of the molecule is Nc1cccc(Cl)c1Nc1cc(Cl)cc(C(F)(F)F)c1. The fraction of sp³-hybridized carbons (Fsp3) is 0.0769. The molecule has 0 radical (unpaired) electrons. The summed E-state index contributed by atoms with van der Waals surface area (Å²) < 4.78 is 38.1. The summed E-state index contributed by atoms with van der Waals surface area (Å²) in [5, 5.41) is 3.02. The van der Waals surface area contributed by atoms with E-state index in [0.717, 1.165) is 12.1 Å². The van der Waals surface area contributed by atoms with Crippen LogP contribution in [0.5, 0.6) is 0 Å². The number of hydrogen-bond donors (Lipinski definition) is 2. The molecule has 0 bridgehead atoms. The average molecular weight is 321 g/mol. The van der Waals surface area contributed by atoms with Crippen molar-refractivity contribution < 1.29 is 13.2 Å². The molecule has 0 aromatic heterocycles. The van der Waals surface area contributed by atoms with Crippen molar-refractivity contribution in [3.8, 4) is 0 Å². The van der Waals surface area contributed by atoms with Gasteiger partial charge in [0.2, 0.25) is 0 Å². The highest BCUT2D eigenvalue weighted by Crippen LogP contribution is 2.36. The number of nitrogens with two attached hydrogens (primary N) is 1. The van der Waals surface area contributed by atoms with Gasteiger partial charge < -0.3 is 11.1 Å². The first-order chi connectivity index (χ1) is 9.27. The molecule has 0 atom stereocenters. The lowest BCUT2D eigenvalue weighted by atomic mass is 10.2. The normalized spacial score (nSPS) is 11.4. The van der Waals surface area contributed by atoms with Crippen molar-refractivity contribution in [1.29, 1.82) is 0 Å². The molecular weight excluding hydrogens is 312 g/mol. The van der Waals surface area contributed by atoms with Crippen LogP contribution in [-0.2, 0) is 6.18 Å². The van der Waals surface area contributed by atoms with Gasteiger partial charge in [-0.15, -0.1) is 0 Å². The maximum atomic E-state index is 12.7. The van der Waals surface area contributed by atoms with Crippen LogP contribution in [0.2, 0.25) is 10.0 Å². The Bertz CT molecular complexity index is 622. The molecule has 2 aromatic rings. The molecule has 0 aliphatic heterocycles. The third-order valence-electron chi connectivity index (χ3n) is 2.54. The largest absolute Gasteiger partial charge is 0.416 e. The van der Waals surface area contributed by atoms with E-state index in [9.17, 15) is 13.2 Å². The van der Waals surface area contributed by atoms with Gasteiger partial charge >= 0.3 is 6.18 Å². The summed E-state index contributed by atoms with van der Waals surface area (Å²) in [6.07, 6.45) is -4.48. The summed E-state index contributed by atoms with van der Waals surface area (Å²) >= 11 is 11.6. The first-order valence-electron chi connectivity index (χ1n) is 5.46. The van der Waals surface area contributed by atoms with Gasteiger partial charge in [0.25, 0.3) is 0 Å². The summed E-state index contributed by atoms with van der Waals surface area (Å²) in [6, 6.07) is 7.96. The molecule has 0 heterocycles. The zero-order valence-electron chi connectivity index (χ0n) is 9.93. The third kappa shape index (κ3) is 3.29. The van der Waals surface area contributed by atoms with Gasteiger partial charge in [-0.1, -0.05) is 29.3 Å². The molecule has 0 fully saturated rings. The van der Waals surface area contributed by atoms with Crippen LogP contribution in [0.25, 0.3) is 0 Å². The highest BCUT2D eigenvalue weighted by molar-refractivity contribution is 6.34. The minimum Gasteiger partial charge on any atom is -0.397 e. The van der Waals surface area contributed by atoms with Crippen molar-refractivity contribution in [2.45, 2.75) is 6.18 Å². The van der Waals surface area contributed by atoms with Gasteiger partial charge in [0, 0.05) is 10.7 Å². The van der Waals surface area contributed by atoms with Gasteiger partial charge in [-0.3, -0.25) is 0 Å². The van der Waals surface area contributed by atoms with Gasteiger partial charge in [-0.2, -0.15) is 13.2 Å². The molecule has 2 nitrogen and oxygen atoms in total.